The van der Waals surface area contributed by atoms with Crippen LogP contribution in [0.25, 0.3) is 0 Å². The van der Waals surface area contributed by atoms with Crippen molar-refractivity contribution >= 4 is 0 Å². The summed E-state index contributed by atoms with van der Waals surface area (Å²) in [5, 5.41) is 2.89. The van der Waals surface area contributed by atoms with Crippen LogP contribution < -0.4 is 5.32 Å². The first-order chi connectivity index (χ1) is 7.03. The van der Waals surface area contributed by atoms with Crippen molar-refractivity contribution in [1.82, 2.24) is 10.2 Å². The summed E-state index contributed by atoms with van der Waals surface area (Å²) < 4.78 is 36.5. The Labute approximate surface area is 87.8 Å². The molecule has 0 amide bonds. The molecule has 0 aromatic heterocycles. The Morgan fingerprint density at radius 3 is 2.53 bits per heavy atom. The number of terminal acetylenes is 1. The van der Waals surface area contributed by atoms with Crippen LogP contribution in [0, 0.1) is 12.3 Å². The van der Waals surface area contributed by atoms with Crippen molar-refractivity contribution in [1.29, 1.82) is 0 Å². The molecule has 1 rings (SSSR count). The summed E-state index contributed by atoms with van der Waals surface area (Å²) in [5.74, 6) is 2.38. The second kappa shape index (κ2) is 5.38. The van der Waals surface area contributed by atoms with Crippen LogP contribution in [-0.4, -0.2) is 43.3 Å². The second-order valence-corrected chi connectivity index (χ2v) is 3.70. The molecule has 1 fully saturated rings. The van der Waals surface area contributed by atoms with E-state index in [2.05, 4.69) is 11.2 Å². The van der Waals surface area contributed by atoms with Crippen LogP contribution in [0.1, 0.15) is 12.8 Å². The molecule has 1 aliphatic rings. The van der Waals surface area contributed by atoms with Crippen LogP contribution in [0.15, 0.2) is 0 Å². The minimum atomic E-state index is -4.10. The van der Waals surface area contributed by atoms with Crippen molar-refractivity contribution in [3.63, 3.8) is 0 Å². The van der Waals surface area contributed by atoms with Gasteiger partial charge in [0.25, 0.3) is 0 Å². The van der Waals surface area contributed by atoms with Gasteiger partial charge < -0.3 is 5.32 Å². The van der Waals surface area contributed by atoms with Gasteiger partial charge in [-0.1, -0.05) is 5.92 Å². The molecule has 15 heavy (non-hydrogen) atoms. The lowest BCUT2D eigenvalue weighted by Crippen LogP contribution is -2.40. The smallest absolute Gasteiger partial charge is 0.305 e. The Morgan fingerprint density at radius 2 is 2.07 bits per heavy atom. The largest absolute Gasteiger partial charge is 0.401 e. The van der Waals surface area contributed by atoms with Gasteiger partial charge in [-0.3, -0.25) is 4.90 Å². The highest BCUT2D eigenvalue weighted by Gasteiger charge is 2.37. The van der Waals surface area contributed by atoms with Crippen LogP contribution in [0.2, 0.25) is 0 Å². The minimum absolute atomic E-state index is 0.124. The Hall–Kier alpha value is -0.730. The van der Waals surface area contributed by atoms with Gasteiger partial charge in [-0.25, -0.2) is 0 Å². The molecule has 0 atom stereocenters. The average Bonchev–Trinajstić information content (AvgIpc) is 2.91. The second-order valence-electron chi connectivity index (χ2n) is 3.70. The van der Waals surface area contributed by atoms with E-state index in [1.165, 1.54) is 4.90 Å². The first kappa shape index (κ1) is 12.3. The van der Waals surface area contributed by atoms with Gasteiger partial charge >= 0.3 is 6.18 Å². The fourth-order valence-electron chi connectivity index (χ4n) is 1.44. The third kappa shape index (κ3) is 5.65. The molecule has 0 saturated heterocycles. The highest BCUT2D eigenvalue weighted by Crippen LogP contribution is 2.29. The summed E-state index contributed by atoms with van der Waals surface area (Å²) in [7, 11) is 0. The molecule has 1 saturated carbocycles. The molecular formula is C10H15F3N2. The molecule has 0 aromatic carbocycles. The molecule has 1 aliphatic carbocycles. The van der Waals surface area contributed by atoms with Gasteiger partial charge in [-0.15, -0.1) is 6.42 Å². The normalized spacial score (nSPS) is 16.7. The summed E-state index contributed by atoms with van der Waals surface area (Å²) in [6.07, 6.45) is 2.67. The number of hydrogen-bond acceptors (Lipinski definition) is 2. The monoisotopic (exact) mass is 220 g/mol. The number of nitrogens with zero attached hydrogens (tertiary/aromatic N) is 1. The Bertz CT molecular complexity index is 228. The van der Waals surface area contributed by atoms with Crippen molar-refractivity contribution in [3.05, 3.63) is 0 Å². The van der Waals surface area contributed by atoms with Gasteiger partial charge in [0, 0.05) is 19.1 Å². The third-order valence-corrected chi connectivity index (χ3v) is 2.25. The SMILES string of the molecule is C#CCNCCN(CC(F)(F)F)C1CC1. The van der Waals surface area contributed by atoms with Crippen molar-refractivity contribution in [2.24, 2.45) is 0 Å². The van der Waals surface area contributed by atoms with Crippen molar-refractivity contribution in [2.45, 2.75) is 25.1 Å². The third-order valence-electron chi connectivity index (χ3n) is 2.25. The molecule has 0 radical (unpaired) electrons. The van der Waals surface area contributed by atoms with Gasteiger partial charge in [-0.05, 0) is 12.8 Å². The molecule has 5 heteroatoms. The number of alkyl halides is 3. The van der Waals surface area contributed by atoms with E-state index in [9.17, 15) is 13.2 Å². The molecule has 0 bridgehead atoms. The number of hydrogen-bond donors (Lipinski definition) is 1. The van der Waals surface area contributed by atoms with Crippen LogP contribution >= 0.6 is 0 Å². The fraction of sp³-hybridized carbons (Fsp3) is 0.800. The first-order valence-electron chi connectivity index (χ1n) is 4.98. The minimum Gasteiger partial charge on any atom is -0.305 e. The predicted molar refractivity (Wildman–Crippen MR) is 52.4 cm³/mol. The van der Waals surface area contributed by atoms with Crippen LogP contribution in [0.5, 0.6) is 0 Å². The Kier molecular flexibility index (Phi) is 4.43. The van der Waals surface area contributed by atoms with Gasteiger partial charge in [0.05, 0.1) is 13.1 Å². The molecule has 0 aliphatic heterocycles. The first-order valence-corrected chi connectivity index (χ1v) is 4.98. The zero-order chi connectivity index (χ0) is 11.3. The van der Waals surface area contributed by atoms with E-state index in [1.54, 1.807) is 0 Å². The molecule has 0 spiro atoms. The fourth-order valence-corrected chi connectivity index (χ4v) is 1.44. The summed E-state index contributed by atoms with van der Waals surface area (Å²) in [6, 6.07) is 0.124. The standard InChI is InChI=1S/C10H15F3N2/c1-2-5-14-6-7-15(9-3-4-9)8-10(11,12)13/h1,9,14H,3-8H2. The van der Waals surface area contributed by atoms with E-state index in [1.807, 2.05) is 0 Å². The average molecular weight is 220 g/mol. The Morgan fingerprint density at radius 1 is 1.40 bits per heavy atom. The number of rotatable bonds is 6. The summed E-state index contributed by atoms with van der Waals surface area (Å²) >= 11 is 0. The lowest BCUT2D eigenvalue weighted by molar-refractivity contribution is -0.147. The predicted octanol–water partition coefficient (Wildman–Crippen LogP) is 1.24. The van der Waals surface area contributed by atoms with E-state index in [4.69, 9.17) is 6.42 Å². The summed E-state index contributed by atoms with van der Waals surface area (Å²) in [6.45, 7) is 0.516. The maximum Gasteiger partial charge on any atom is 0.401 e. The molecule has 0 unspecified atom stereocenters. The van der Waals surface area contributed by atoms with Gasteiger partial charge in [0.2, 0.25) is 0 Å². The van der Waals surface area contributed by atoms with E-state index in [-0.39, 0.29) is 6.04 Å². The van der Waals surface area contributed by atoms with Gasteiger partial charge in [0.15, 0.2) is 0 Å². The Balaban J connectivity index is 2.22. The quantitative estimate of drug-likeness (QED) is 0.535. The number of nitrogens with one attached hydrogen (secondary N) is 1. The highest BCUT2D eigenvalue weighted by molar-refractivity contribution is 4.88. The lowest BCUT2D eigenvalue weighted by atomic mass is 10.4. The zero-order valence-corrected chi connectivity index (χ0v) is 8.48. The molecule has 0 heterocycles. The molecule has 0 aromatic rings. The summed E-state index contributed by atoms with van der Waals surface area (Å²) in [5.41, 5.74) is 0. The van der Waals surface area contributed by atoms with Crippen LogP contribution in [-0.2, 0) is 0 Å². The van der Waals surface area contributed by atoms with E-state index >= 15 is 0 Å². The van der Waals surface area contributed by atoms with Crippen LogP contribution in [0.4, 0.5) is 13.2 Å². The van der Waals surface area contributed by atoms with Crippen molar-refractivity contribution < 1.29 is 13.2 Å². The maximum atomic E-state index is 12.2. The van der Waals surface area contributed by atoms with Gasteiger partial charge in [-0.2, -0.15) is 13.2 Å². The van der Waals surface area contributed by atoms with Crippen LogP contribution in [0.3, 0.4) is 0 Å². The maximum absolute atomic E-state index is 12.2. The van der Waals surface area contributed by atoms with E-state index < -0.39 is 12.7 Å². The molecule has 2 nitrogen and oxygen atoms in total. The zero-order valence-electron chi connectivity index (χ0n) is 8.48. The number of halogens is 3. The lowest BCUT2D eigenvalue weighted by Gasteiger charge is -2.23. The van der Waals surface area contributed by atoms with Crippen molar-refractivity contribution in [2.75, 3.05) is 26.2 Å². The molecule has 1 N–H and O–H groups in total. The molecule has 86 valence electrons. The molecular weight excluding hydrogens is 205 g/mol. The highest BCUT2D eigenvalue weighted by atomic mass is 19.4. The van der Waals surface area contributed by atoms with Gasteiger partial charge in [0.1, 0.15) is 0 Å². The topological polar surface area (TPSA) is 15.3 Å². The van der Waals surface area contributed by atoms with E-state index in [0.717, 1.165) is 12.8 Å². The van der Waals surface area contributed by atoms with E-state index in [0.29, 0.717) is 19.6 Å². The summed E-state index contributed by atoms with van der Waals surface area (Å²) in [4.78, 5) is 1.48. The van der Waals surface area contributed by atoms with Crippen molar-refractivity contribution in [3.8, 4) is 12.3 Å².